The molecule has 0 saturated heterocycles. The second kappa shape index (κ2) is 4.36. The molecule has 1 atom stereocenters. The Kier molecular flexibility index (Phi) is 3.91. The number of allylic oxidation sites excluding steroid dienone is 4. The fraction of sp³-hybridized carbons (Fsp3) is 0.733. The van der Waals surface area contributed by atoms with E-state index in [1.165, 1.54) is 11.1 Å². The van der Waals surface area contributed by atoms with Gasteiger partial charge < -0.3 is 0 Å². The van der Waals surface area contributed by atoms with Gasteiger partial charge in [0.1, 0.15) is 0 Å². The monoisotopic (exact) mass is 271 g/mol. The van der Waals surface area contributed by atoms with Crippen LogP contribution < -0.4 is 3.80 Å². The second-order valence-electron chi connectivity index (χ2n) is 7.28. The van der Waals surface area contributed by atoms with Crippen LogP contribution in [-0.2, 0) is 16.8 Å². The molecule has 0 radical (unpaired) electrons. The Bertz CT molecular complexity index is 382. The summed E-state index contributed by atoms with van der Waals surface area (Å²) in [5.74, 6) is 0. The fourth-order valence-electron chi connectivity index (χ4n) is 3.05. The molecular weight excluding hydrogens is 242 g/mol. The van der Waals surface area contributed by atoms with Gasteiger partial charge in [0.25, 0.3) is 0 Å². The minimum atomic E-state index is -2.12. The van der Waals surface area contributed by atoms with Gasteiger partial charge in [0.05, 0.1) is 0 Å². The Morgan fingerprint density at radius 3 is 1.88 bits per heavy atom. The summed E-state index contributed by atoms with van der Waals surface area (Å²) >= 11 is -2.12. The van der Waals surface area contributed by atoms with Gasteiger partial charge in [-0.2, -0.15) is 0 Å². The summed E-state index contributed by atoms with van der Waals surface area (Å²) in [4.78, 5) is 0. The predicted molar refractivity (Wildman–Crippen MR) is 75.1 cm³/mol. The van der Waals surface area contributed by atoms with Crippen molar-refractivity contribution in [2.45, 2.75) is 68.2 Å². The van der Waals surface area contributed by atoms with Crippen molar-refractivity contribution in [3.63, 3.8) is 0 Å². The molecule has 1 aliphatic carbocycles. The maximum absolute atomic E-state index is 3.96. The van der Waals surface area contributed by atoms with Gasteiger partial charge in [-0.1, -0.05) is 0 Å². The Hall–Kier alpha value is 0.154. The molecule has 0 amide bonds. The maximum atomic E-state index is 3.96. The van der Waals surface area contributed by atoms with Gasteiger partial charge in [0.2, 0.25) is 0 Å². The molecule has 0 saturated carbocycles. The summed E-state index contributed by atoms with van der Waals surface area (Å²) in [6.07, 6.45) is 2.51. The third-order valence-corrected chi connectivity index (χ3v) is 11.4. The zero-order valence-electron chi connectivity index (χ0n) is 13.1. The summed E-state index contributed by atoms with van der Waals surface area (Å²) < 4.78 is 4.25. The average Bonchev–Trinajstić information content (AvgIpc) is 2.27. The van der Waals surface area contributed by atoms with Crippen LogP contribution in [0, 0.1) is 0 Å². The van der Waals surface area contributed by atoms with Gasteiger partial charge in [0.15, 0.2) is 0 Å². The van der Waals surface area contributed by atoms with E-state index in [-0.39, 0.29) is 5.54 Å². The molecule has 1 unspecified atom stereocenters. The molecule has 1 N–H and O–H groups in total. The van der Waals surface area contributed by atoms with Crippen LogP contribution in [0.2, 0.25) is 14.2 Å². The Labute approximate surface area is 111 Å². The van der Waals surface area contributed by atoms with Crippen molar-refractivity contribution in [2.75, 3.05) is 0 Å². The minimum absolute atomic E-state index is 0.213. The molecule has 2 heteroatoms. The molecule has 1 rings (SSSR count). The van der Waals surface area contributed by atoms with E-state index in [0.29, 0.717) is 3.72 Å². The SMILES string of the molecule is CC1=C[C](C)([Ti]([CH3])([CH3])[NH]C(C)(C)C)C(C)=C1C. The Balaban J connectivity index is 3.17. The van der Waals surface area contributed by atoms with Crippen molar-refractivity contribution >= 4 is 0 Å². The zero-order valence-corrected chi connectivity index (χ0v) is 14.6. The van der Waals surface area contributed by atoms with E-state index in [9.17, 15) is 0 Å². The van der Waals surface area contributed by atoms with Crippen LogP contribution in [0.5, 0.6) is 0 Å². The number of hydrogen-bond acceptors (Lipinski definition) is 1. The first-order chi connectivity index (χ1) is 7.41. The Morgan fingerprint density at radius 1 is 1.12 bits per heavy atom. The van der Waals surface area contributed by atoms with Gasteiger partial charge in [-0.25, -0.2) is 0 Å². The molecule has 0 aromatic rings. The van der Waals surface area contributed by atoms with Crippen LogP contribution >= 0.6 is 0 Å². The third kappa shape index (κ3) is 2.77. The molecule has 1 aliphatic rings. The van der Waals surface area contributed by atoms with E-state index in [0.717, 1.165) is 0 Å². The topological polar surface area (TPSA) is 12.0 Å². The number of nitrogens with one attached hydrogen (secondary N) is 1. The molecule has 0 aliphatic heterocycles. The molecule has 0 aromatic heterocycles. The van der Waals surface area contributed by atoms with Gasteiger partial charge in [-0.05, 0) is 0 Å². The van der Waals surface area contributed by atoms with E-state index in [4.69, 9.17) is 0 Å². The van der Waals surface area contributed by atoms with Crippen LogP contribution in [0.4, 0.5) is 0 Å². The number of hydrogen-bond donors (Lipinski definition) is 1. The fourth-order valence-corrected chi connectivity index (χ4v) is 9.04. The summed E-state index contributed by atoms with van der Waals surface area (Å²) in [6.45, 7) is 16.1. The molecule has 0 fully saturated rings. The molecule has 98 valence electrons. The number of rotatable bonds is 2. The van der Waals surface area contributed by atoms with Crippen LogP contribution in [0.3, 0.4) is 0 Å². The first-order valence-electron chi connectivity index (χ1n) is 6.58. The normalized spacial score (nSPS) is 26.5. The van der Waals surface area contributed by atoms with Crippen molar-refractivity contribution < 1.29 is 16.8 Å². The van der Waals surface area contributed by atoms with Crippen LogP contribution in [0.25, 0.3) is 0 Å². The van der Waals surface area contributed by atoms with Crippen LogP contribution in [-0.4, -0.2) is 5.54 Å². The third-order valence-electron chi connectivity index (χ3n) is 4.42. The van der Waals surface area contributed by atoms with E-state index in [1.54, 1.807) is 5.57 Å². The quantitative estimate of drug-likeness (QED) is 0.696. The molecule has 0 aromatic carbocycles. The first-order valence-corrected chi connectivity index (χ1v) is 11.3. The van der Waals surface area contributed by atoms with Crippen molar-refractivity contribution in [3.05, 3.63) is 22.8 Å². The summed E-state index contributed by atoms with van der Waals surface area (Å²) in [5.41, 5.74) is 4.77. The Morgan fingerprint density at radius 2 is 1.59 bits per heavy atom. The van der Waals surface area contributed by atoms with E-state index in [1.807, 2.05) is 0 Å². The predicted octanol–water partition coefficient (Wildman–Crippen LogP) is 5.01. The average molecular weight is 271 g/mol. The van der Waals surface area contributed by atoms with Crippen molar-refractivity contribution in [2.24, 2.45) is 0 Å². The van der Waals surface area contributed by atoms with Crippen molar-refractivity contribution in [1.82, 2.24) is 3.80 Å². The van der Waals surface area contributed by atoms with Crippen molar-refractivity contribution in [1.29, 1.82) is 0 Å². The molecule has 1 nitrogen and oxygen atoms in total. The zero-order chi connectivity index (χ0) is 13.6. The van der Waals surface area contributed by atoms with E-state index < -0.39 is 16.8 Å². The summed E-state index contributed by atoms with van der Waals surface area (Å²) in [6, 6.07) is 0. The molecule has 0 heterocycles. The summed E-state index contributed by atoms with van der Waals surface area (Å²) in [5, 5.41) is 4.99. The van der Waals surface area contributed by atoms with Gasteiger partial charge in [-0.15, -0.1) is 0 Å². The first kappa shape index (κ1) is 15.2. The van der Waals surface area contributed by atoms with Gasteiger partial charge >= 0.3 is 112 Å². The molecular formula is C15H29NTi. The van der Waals surface area contributed by atoms with Gasteiger partial charge in [0, 0.05) is 0 Å². The molecule has 17 heavy (non-hydrogen) atoms. The van der Waals surface area contributed by atoms with Crippen LogP contribution in [0.15, 0.2) is 22.8 Å². The standard InChI is InChI=1S/C9H13.C4H10N.2CH3.Ti/c1-6-5-7(2)9(4)8(6)3;1-4(2,3)5;;;/h5H,1-4H3;5H,1-3H3;2*1H3;/q;-1;;;+1. The summed E-state index contributed by atoms with van der Waals surface area (Å²) in [7, 11) is 0. The second-order valence-corrected chi connectivity index (χ2v) is 14.4. The van der Waals surface area contributed by atoms with Crippen LogP contribution in [0.1, 0.15) is 48.5 Å². The van der Waals surface area contributed by atoms with E-state index >= 15 is 0 Å². The van der Waals surface area contributed by atoms with E-state index in [2.05, 4.69) is 68.8 Å². The molecule has 0 bridgehead atoms. The van der Waals surface area contributed by atoms with Crippen molar-refractivity contribution in [3.8, 4) is 0 Å². The molecule has 0 spiro atoms. The van der Waals surface area contributed by atoms with Gasteiger partial charge in [-0.3, -0.25) is 0 Å².